The van der Waals surface area contributed by atoms with Crippen LogP contribution in [0.25, 0.3) is 10.4 Å². The molecule has 0 aliphatic carbocycles. The molecule has 0 bridgehead atoms. The van der Waals surface area contributed by atoms with Gasteiger partial charge < -0.3 is 5.73 Å². The van der Waals surface area contributed by atoms with Gasteiger partial charge in [0.1, 0.15) is 10.9 Å². The molecule has 0 aliphatic rings. The molecule has 2 nitrogen and oxygen atoms in total. The number of nitrogens with zero attached hydrogens (tertiary/aromatic N) is 1. The Hall–Kier alpha value is -2.00. The average Bonchev–Trinajstić information content (AvgIpc) is 2.76. The molecule has 2 N–H and O–H groups in total. The second kappa shape index (κ2) is 5.78. The third kappa shape index (κ3) is 3.03. The molecule has 0 unspecified atom stereocenters. The first-order valence-corrected chi connectivity index (χ1v) is 7.19. The Kier molecular flexibility index (Phi) is 4.24. The van der Waals surface area contributed by atoms with E-state index in [1.807, 2.05) is 13.0 Å². The van der Waals surface area contributed by atoms with Gasteiger partial charge >= 0.3 is 6.18 Å². The third-order valence-electron chi connectivity index (χ3n) is 3.12. The molecule has 1 aromatic heterocycles. The molecule has 0 spiro atoms. The van der Waals surface area contributed by atoms with Crippen LogP contribution in [-0.2, 0) is 12.6 Å². The maximum atomic E-state index is 12.6. The Morgan fingerprint density at radius 1 is 1.24 bits per heavy atom. The van der Waals surface area contributed by atoms with Crippen LogP contribution in [0.5, 0.6) is 0 Å². The smallest absolute Gasteiger partial charge is 0.397 e. The van der Waals surface area contributed by atoms with E-state index in [1.54, 1.807) is 0 Å². The second-order valence-corrected chi connectivity index (χ2v) is 5.61. The van der Waals surface area contributed by atoms with Gasteiger partial charge in [0, 0.05) is 4.88 Å². The van der Waals surface area contributed by atoms with Crippen LogP contribution in [-0.4, -0.2) is 0 Å². The van der Waals surface area contributed by atoms with Gasteiger partial charge in [0.05, 0.1) is 11.3 Å². The number of hydrogen-bond donors (Lipinski definition) is 1. The van der Waals surface area contributed by atoms with Crippen molar-refractivity contribution in [2.24, 2.45) is 0 Å². The van der Waals surface area contributed by atoms with Crippen LogP contribution in [0.4, 0.5) is 18.9 Å². The molecule has 6 heteroatoms. The summed E-state index contributed by atoms with van der Waals surface area (Å²) in [5, 5.41) is 9.05. The largest absolute Gasteiger partial charge is 0.416 e. The normalized spacial score (nSPS) is 11.4. The van der Waals surface area contributed by atoms with E-state index < -0.39 is 11.7 Å². The van der Waals surface area contributed by atoms with Crippen LogP contribution in [0.2, 0.25) is 0 Å². The molecule has 1 aromatic carbocycles. The molecule has 0 atom stereocenters. The Morgan fingerprint density at radius 3 is 2.33 bits per heavy atom. The van der Waals surface area contributed by atoms with Crippen molar-refractivity contribution in [2.45, 2.75) is 25.9 Å². The topological polar surface area (TPSA) is 49.8 Å². The number of hydrogen-bond acceptors (Lipinski definition) is 3. The van der Waals surface area contributed by atoms with E-state index in [0.717, 1.165) is 29.0 Å². The fourth-order valence-electron chi connectivity index (χ4n) is 2.10. The molecular weight excluding hydrogens is 297 g/mol. The number of rotatable bonds is 3. The molecule has 1 heterocycles. The summed E-state index contributed by atoms with van der Waals surface area (Å²) in [6, 6.07) is 6.98. The van der Waals surface area contributed by atoms with Gasteiger partial charge in [0.2, 0.25) is 0 Å². The molecule has 2 aromatic rings. The zero-order valence-electron chi connectivity index (χ0n) is 11.3. The predicted octanol–water partition coefficient (Wildman–Crippen LogP) is 4.84. The van der Waals surface area contributed by atoms with Gasteiger partial charge in [-0.25, -0.2) is 0 Å². The van der Waals surface area contributed by atoms with Gasteiger partial charge in [-0.1, -0.05) is 25.5 Å². The first-order valence-electron chi connectivity index (χ1n) is 6.37. The number of benzene rings is 1. The van der Waals surface area contributed by atoms with Crippen molar-refractivity contribution < 1.29 is 13.2 Å². The Balaban J connectivity index is 2.49. The first kappa shape index (κ1) is 15.4. The Labute approximate surface area is 124 Å². The van der Waals surface area contributed by atoms with E-state index in [4.69, 9.17) is 11.0 Å². The van der Waals surface area contributed by atoms with Crippen LogP contribution < -0.4 is 5.73 Å². The highest BCUT2D eigenvalue weighted by Crippen LogP contribution is 2.40. The second-order valence-electron chi connectivity index (χ2n) is 4.59. The molecule has 0 fully saturated rings. The lowest BCUT2D eigenvalue weighted by Gasteiger charge is -2.08. The van der Waals surface area contributed by atoms with Crippen molar-refractivity contribution in [1.82, 2.24) is 0 Å². The number of anilines is 1. The van der Waals surface area contributed by atoms with Crippen molar-refractivity contribution in [3.63, 3.8) is 0 Å². The number of alkyl halides is 3. The molecule has 0 amide bonds. The van der Waals surface area contributed by atoms with Crippen LogP contribution in [0.15, 0.2) is 24.3 Å². The minimum absolute atomic E-state index is 0.411. The quantitative estimate of drug-likeness (QED) is 0.881. The molecule has 0 saturated carbocycles. The van der Waals surface area contributed by atoms with E-state index in [2.05, 4.69) is 0 Å². The van der Waals surface area contributed by atoms with Gasteiger partial charge in [-0.15, -0.1) is 11.3 Å². The number of nitrogen functional groups attached to an aromatic ring is 1. The summed E-state index contributed by atoms with van der Waals surface area (Å²) < 4.78 is 37.8. The van der Waals surface area contributed by atoms with Gasteiger partial charge in [-0.2, -0.15) is 18.4 Å². The summed E-state index contributed by atoms with van der Waals surface area (Å²) in [6.45, 7) is 1.99. The summed E-state index contributed by atoms with van der Waals surface area (Å²) in [5.41, 5.74) is 7.21. The average molecular weight is 310 g/mol. The molecular formula is C15H13F3N2S. The van der Waals surface area contributed by atoms with Crippen molar-refractivity contribution in [3.05, 3.63) is 40.3 Å². The number of nitrogens with two attached hydrogens (primary N) is 1. The number of nitriles is 1. The maximum absolute atomic E-state index is 12.6. The van der Waals surface area contributed by atoms with Crippen LogP contribution in [0, 0.1) is 11.3 Å². The van der Waals surface area contributed by atoms with E-state index >= 15 is 0 Å². The lowest BCUT2D eigenvalue weighted by molar-refractivity contribution is -0.137. The zero-order chi connectivity index (χ0) is 15.6. The monoisotopic (exact) mass is 310 g/mol. The lowest BCUT2D eigenvalue weighted by Crippen LogP contribution is -2.04. The van der Waals surface area contributed by atoms with E-state index in [1.165, 1.54) is 23.5 Å². The summed E-state index contributed by atoms with van der Waals surface area (Å²) >= 11 is 1.23. The van der Waals surface area contributed by atoms with Gasteiger partial charge in [-0.3, -0.25) is 0 Å². The van der Waals surface area contributed by atoms with Crippen LogP contribution >= 0.6 is 11.3 Å². The minimum Gasteiger partial charge on any atom is -0.397 e. The fraction of sp³-hybridized carbons (Fsp3) is 0.267. The molecule has 2 rings (SSSR count). The molecule has 0 radical (unpaired) electrons. The zero-order valence-corrected chi connectivity index (χ0v) is 12.1. The summed E-state index contributed by atoms with van der Waals surface area (Å²) in [7, 11) is 0. The molecule has 0 saturated heterocycles. The summed E-state index contributed by atoms with van der Waals surface area (Å²) in [6.07, 6.45) is -2.81. The van der Waals surface area contributed by atoms with Crippen molar-refractivity contribution >= 4 is 17.0 Å². The standard InChI is InChI=1S/C15H13F3N2S/c1-2-3-11-13(20)12(8-19)21-14(11)9-4-6-10(7-5-9)15(16,17)18/h4-7H,2-3,20H2,1H3. The summed E-state index contributed by atoms with van der Waals surface area (Å²) in [5.74, 6) is 0. The lowest BCUT2D eigenvalue weighted by atomic mass is 10.0. The van der Waals surface area contributed by atoms with E-state index in [-0.39, 0.29) is 0 Å². The highest BCUT2D eigenvalue weighted by molar-refractivity contribution is 7.16. The maximum Gasteiger partial charge on any atom is 0.416 e. The predicted molar refractivity (Wildman–Crippen MR) is 77.9 cm³/mol. The van der Waals surface area contributed by atoms with Crippen LogP contribution in [0.1, 0.15) is 29.3 Å². The molecule has 110 valence electrons. The Bertz CT molecular complexity index is 679. The van der Waals surface area contributed by atoms with Gasteiger partial charge in [0.15, 0.2) is 0 Å². The first-order chi connectivity index (χ1) is 9.88. The van der Waals surface area contributed by atoms with Gasteiger partial charge in [0.25, 0.3) is 0 Å². The SMILES string of the molecule is CCCc1c(-c2ccc(C(F)(F)F)cc2)sc(C#N)c1N. The van der Waals surface area contributed by atoms with Crippen molar-refractivity contribution in [1.29, 1.82) is 5.26 Å². The highest BCUT2D eigenvalue weighted by Gasteiger charge is 2.30. The fourth-order valence-corrected chi connectivity index (χ4v) is 3.18. The third-order valence-corrected chi connectivity index (χ3v) is 4.33. The minimum atomic E-state index is -4.35. The molecule has 21 heavy (non-hydrogen) atoms. The number of halogens is 3. The van der Waals surface area contributed by atoms with E-state index in [0.29, 0.717) is 22.5 Å². The van der Waals surface area contributed by atoms with Crippen LogP contribution in [0.3, 0.4) is 0 Å². The Morgan fingerprint density at radius 2 is 1.86 bits per heavy atom. The van der Waals surface area contributed by atoms with Gasteiger partial charge in [-0.05, 0) is 29.7 Å². The van der Waals surface area contributed by atoms with Crippen molar-refractivity contribution in [2.75, 3.05) is 5.73 Å². The van der Waals surface area contributed by atoms with E-state index in [9.17, 15) is 13.2 Å². The summed E-state index contributed by atoms with van der Waals surface area (Å²) in [4.78, 5) is 1.19. The molecule has 0 aliphatic heterocycles. The van der Waals surface area contributed by atoms with Crippen molar-refractivity contribution in [3.8, 4) is 16.5 Å². The number of thiophene rings is 1. The highest BCUT2D eigenvalue weighted by atomic mass is 32.1.